The SMILES string of the molecule is CC(C)c1ccc(NC(=O)c2ccccc2C(=O)Nc2ccc(C(C)C)cc2)cc1. The Bertz CT molecular complexity index is 935. The first-order valence-electron chi connectivity index (χ1n) is 10.3. The van der Waals surface area contributed by atoms with Crippen molar-refractivity contribution >= 4 is 23.2 Å². The van der Waals surface area contributed by atoms with Crippen LogP contribution in [0.15, 0.2) is 72.8 Å². The summed E-state index contributed by atoms with van der Waals surface area (Å²) in [5.41, 5.74) is 4.48. The lowest BCUT2D eigenvalue weighted by Crippen LogP contribution is -2.20. The van der Waals surface area contributed by atoms with E-state index in [1.807, 2.05) is 48.5 Å². The van der Waals surface area contributed by atoms with Crippen molar-refractivity contribution in [3.05, 3.63) is 95.1 Å². The Labute approximate surface area is 178 Å². The van der Waals surface area contributed by atoms with Crippen LogP contribution in [0.3, 0.4) is 0 Å². The van der Waals surface area contributed by atoms with Gasteiger partial charge in [-0.15, -0.1) is 0 Å². The minimum absolute atomic E-state index is 0.312. The van der Waals surface area contributed by atoms with Gasteiger partial charge in [0.15, 0.2) is 0 Å². The Hall–Kier alpha value is -3.40. The minimum Gasteiger partial charge on any atom is -0.322 e. The summed E-state index contributed by atoms with van der Waals surface area (Å²) in [5.74, 6) is 0.226. The van der Waals surface area contributed by atoms with Gasteiger partial charge in [-0.25, -0.2) is 0 Å². The van der Waals surface area contributed by atoms with E-state index in [-0.39, 0.29) is 11.8 Å². The molecule has 3 aromatic rings. The van der Waals surface area contributed by atoms with Crippen molar-refractivity contribution in [3.63, 3.8) is 0 Å². The van der Waals surface area contributed by atoms with E-state index in [2.05, 4.69) is 38.3 Å². The molecule has 0 radical (unpaired) electrons. The highest BCUT2D eigenvalue weighted by Crippen LogP contribution is 2.20. The van der Waals surface area contributed by atoms with Gasteiger partial charge in [0, 0.05) is 11.4 Å². The van der Waals surface area contributed by atoms with Gasteiger partial charge in [0.25, 0.3) is 11.8 Å². The third kappa shape index (κ3) is 5.15. The predicted molar refractivity (Wildman–Crippen MR) is 123 cm³/mol. The van der Waals surface area contributed by atoms with Gasteiger partial charge in [-0.2, -0.15) is 0 Å². The van der Waals surface area contributed by atoms with E-state index < -0.39 is 0 Å². The van der Waals surface area contributed by atoms with Crippen LogP contribution in [-0.4, -0.2) is 11.8 Å². The number of benzene rings is 3. The first-order chi connectivity index (χ1) is 14.3. The summed E-state index contributed by atoms with van der Waals surface area (Å²) in [5, 5.41) is 5.77. The average Bonchev–Trinajstić information content (AvgIpc) is 2.74. The fourth-order valence-electron chi connectivity index (χ4n) is 3.18. The van der Waals surface area contributed by atoms with Crippen molar-refractivity contribution < 1.29 is 9.59 Å². The molecule has 0 heterocycles. The van der Waals surface area contributed by atoms with Crippen molar-refractivity contribution in [1.82, 2.24) is 0 Å². The molecule has 2 N–H and O–H groups in total. The van der Waals surface area contributed by atoms with Gasteiger partial charge < -0.3 is 10.6 Å². The summed E-state index contributed by atoms with van der Waals surface area (Å²) >= 11 is 0. The predicted octanol–water partition coefficient (Wildman–Crippen LogP) is 6.44. The molecule has 0 saturated carbocycles. The highest BCUT2D eigenvalue weighted by Gasteiger charge is 2.17. The Balaban J connectivity index is 1.75. The van der Waals surface area contributed by atoms with Crippen LogP contribution in [0.1, 0.15) is 71.4 Å². The second-order valence-electron chi connectivity index (χ2n) is 8.01. The lowest BCUT2D eigenvalue weighted by Gasteiger charge is -2.12. The molecule has 0 bridgehead atoms. The van der Waals surface area contributed by atoms with Gasteiger partial charge in [-0.3, -0.25) is 9.59 Å². The number of rotatable bonds is 6. The van der Waals surface area contributed by atoms with Gasteiger partial charge >= 0.3 is 0 Å². The molecule has 0 saturated heterocycles. The molecule has 0 aliphatic heterocycles. The topological polar surface area (TPSA) is 58.2 Å². The van der Waals surface area contributed by atoms with E-state index in [1.165, 1.54) is 11.1 Å². The largest absolute Gasteiger partial charge is 0.322 e. The first-order valence-corrected chi connectivity index (χ1v) is 10.3. The standard InChI is InChI=1S/C26H28N2O2/c1-17(2)19-9-13-21(14-10-19)27-25(29)23-7-5-6-8-24(23)26(30)28-22-15-11-20(12-16-22)18(3)4/h5-18H,1-4H3,(H,27,29)(H,28,30). The lowest BCUT2D eigenvalue weighted by molar-refractivity contribution is 0.0990. The molecule has 3 aromatic carbocycles. The molecule has 2 amide bonds. The zero-order chi connectivity index (χ0) is 21.7. The summed E-state index contributed by atoms with van der Waals surface area (Å²) in [6.07, 6.45) is 0. The zero-order valence-electron chi connectivity index (χ0n) is 17.9. The molecule has 0 fully saturated rings. The second kappa shape index (κ2) is 9.40. The van der Waals surface area contributed by atoms with E-state index in [0.717, 1.165) is 0 Å². The normalized spacial score (nSPS) is 10.9. The third-order valence-corrected chi connectivity index (χ3v) is 5.09. The second-order valence-corrected chi connectivity index (χ2v) is 8.01. The molecule has 0 aliphatic carbocycles. The molecule has 4 nitrogen and oxygen atoms in total. The number of hydrogen-bond acceptors (Lipinski definition) is 2. The number of carbonyl (C=O) groups excluding carboxylic acids is 2. The molecule has 0 unspecified atom stereocenters. The third-order valence-electron chi connectivity index (χ3n) is 5.09. The molecular weight excluding hydrogens is 372 g/mol. The van der Waals surface area contributed by atoms with Gasteiger partial charge in [-0.05, 0) is 59.4 Å². The minimum atomic E-state index is -0.312. The fraction of sp³-hybridized carbons (Fsp3) is 0.231. The summed E-state index contributed by atoms with van der Waals surface area (Å²) in [6.45, 7) is 8.50. The zero-order valence-corrected chi connectivity index (χ0v) is 17.9. The number of nitrogens with one attached hydrogen (secondary N) is 2. The van der Waals surface area contributed by atoms with Crippen molar-refractivity contribution in [3.8, 4) is 0 Å². The van der Waals surface area contributed by atoms with Crippen LogP contribution in [0.4, 0.5) is 11.4 Å². The van der Waals surface area contributed by atoms with Gasteiger partial charge in [0.05, 0.1) is 11.1 Å². The summed E-state index contributed by atoms with van der Waals surface area (Å²) < 4.78 is 0. The smallest absolute Gasteiger partial charge is 0.256 e. The number of hydrogen-bond donors (Lipinski definition) is 2. The maximum atomic E-state index is 12.8. The van der Waals surface area contributed by atoms with E-state index in [1.54, 1.807) is 24.3 Å². The molecule has 4 heteroatoms. The number of anilines is 2. The molecule has 3 rings (SSSR count). The van der Waals surface area contributed by atoms with E-state index in [4.69, 9.17) is 0 Å². The van der Waals surface area contributed by atoms with E-state index in [0.29, 0.717) is 34.3 Å². The number of carbonyl (C=O) groups is 2. The maximum Gasteiger partial charge on any atom is 0.256 e. The van der Waals surface area contributed by atoms with Gasteiger partial charge in [0.1, 0.15) is 0 Å². The molecule has 0 aromatic heterocycles. The Morgan fingerprint density at radius 3 is 1.20 bits per heavy atom. The molecule has 30 heavy (non-hydrogen) atoms. The average molecular weight is 401 g/mol. The van der Waals surface area contributed by atoms with Crippen LogP contribution in [0.5, 0.6) is 0 Å². The molecular formula is C26H28N2O2. The summed E-state index contributed by atoms with van der Waals surface area (Å²) in [7, 11) is 0. The Morgan fingerprint density at radius 1 is 0.567 bits per heavy atom. The van der Waals surface area contributed by atoms with Crippen LogP contribution < -0.4 is 10.6 Å². The van der Waals surface area contributed by atoms with Crippen LogP contribution in [-0.2, 0) is 0 Å². The number of amides is 2. The highest BCUT2D eigenvalue weighted by atomic mass is 16.2. The van der Waals surface area contributed by atoms with Crippen molar-refractivity contribution in [2.45, 2.75) is 39.5 Å². The van der Waals surface area contributed by atoms with Crippen molar-refractivity contribution in [2.75, 3.05) is 10.6 Å². The highest BCUT2D eigenvalue weighted by molar-refractivity contribution is 6.15. The van der Waals surface area contributed by atoms with Crippen LogP contribution in [0.2, 0.25) is 0 Å². The maximum absolute atomic E-state index is 12.8. The van der Waals surface area contributed by atoms with E-state index >= 15 is 0 Å². The summed E-state index contributed by atoms with van der Waals surface area (Å²) in [4.78, 5) is 25.7. The fourth-order valence-corrected chi connectivity index (χ4v) is 3.18. The Morgan fingerprint density at radius 2 is 0.900 bits per heavy atom. The van der Waals surface area contributed by atoms with Gasteiger partial charge in [-0.1, -0.05) is 64.1 Å². The van der Waals surface area contributed by atoms with Crippen LogP contribution in [0, 0.1) is 0 Å². The molecule has 0 spiro atoms. The lowest BCUT2D eigenvalue weighted by atomic mass is 10.0. The van der Waals surface area contributed by atoms with Crippen molar-refractivity contribution in [2.24, 2.45) is 0 Å². The van der Waals surface area contributed by atoms with Crippen LogP contribution in [0.25, 0.3) is 0 Å². The Kier molecular flexibility index (Phi) is 6.68. The van der Waals surface area contributed by atoms with Crippen molar-refractivity contribution in [1.29, 1.82) is 0 Å². The van der Waals surface area contributed by atoms with E-state index in [9.17, 15) is 9.59 Å². The van der Waals surface area contributed by atoms with Gasteiger partial charge in [0.2, 0.25) is 0 Å². The molecule has 154 valence electrons. The quantitative estimate of drug-likeness (QED) is 0.500. The molecule has 0 aliphatic rings. The monoisotopic (exact) mass is 400 g/mol. The summed E-state index contributed by atoms with van der Waals surface area (Å²) in [6, 6.07) is 22.4. The van der Waals surface area contributed by atoms with Crippen LogP contribution >= 0.6 is 0 Å². The first kappa shape index (κ1) is 21.3. The molecule has 0 atom stereocenters.